The molecule has 9 nitrogen and oxygen atoms in total. The predicted molar refractivity (Wildman–Crippen MR) is 142 cm³/mol. The van der Waals surface area contributed by atoms with Gasteiger partial charge in [-0.25, -0.2) is 9.59 Å². The second-order valence-electron chi connectivity index (χ2n) is 9.04. The van der Waals surface area contributed by atoms with Crippen LogP contribution in [0.25, 0.3) is 0 Å². The molecule has 10 heteroatoms. The third kappa shape index (κ3) is 5.65. The van der Waals surface area contributed by atoms with Crippen molar-refractivity contribution >= 4 is 29.2 Å². The summed E-state index contributed by atoms with van der Waals surface area (Å²) < 4.78 is 10.9. The zero-order chi connectivity index (χ0) is 26.5. The maximum atomic E-state index is 13.3. The number of amides is 3. The molecular formula is C27H34N4O5S. The van der Waals surface area contributed by atoms with E-state index in [0.29, 0.717) is 49.7 Å². The summed E-state index contributed by atoms with van der Waals surface area (Å²) in [4.78, 5) is 45.9. The van der Waals surface area contributed by atoms with E-state index >= 15 is 0 Å². The van der Waals surface area contributed by atoms with E-state index in [9.17, 15) is 14.4 Å². The molecule has 37 heavy (non-hydrogen) atoms. The predicted octanol–water partition coefficient (Wildman–Crippen LogP) is 3.51. The molecule has 0 saturated carbocycles. The molecule has 2 aliphatic heterocycles. The number of piperazine rings is 1. The van der Waals surface area contributed by atoms with Crippen LogP contribution in [0.15, 0.2) is 53.0 Å². The Labute approximate surface area is 221 Å². The molecule has 1 N–H and O–H groups in total. The normalized spacial score (nSPS) is 20.6. The van der Waals surface area contributed by atoms with Crippen LogP contribution >= 0.6 is 11.3 Å². The maximum Gasteiger partial charge on any atom is 0.338 e. The smallest absolute Gasteiger partial charge is 0.338 e. The number of likely N-dealkylation sites (N-methyl/N-ethyl adjacent to an activating group) is 1. The van der Waals surface area contributed by atoms with Gasteiger partial charge < -0.3 is 19.7 Å². The lowest BCUT2D eigenvalue weighted by Crippen LogP contribution is -2.56. The van der Waals surface area contributed by atoms with E-state index in [1.807, 2.05) is 60.5 Å². The van der Waals surface area contributed by atoms with E-state index in [4.69, 9.17) is 9.47 Å². The third-order valence-electron chi connectivity index (χ3n) is 6.75. The van der Waals surface area contributed by atoms with Crippen LogP contribution in [0, 0.1) is 0 Å². The van der Waals surface area contributed by atoms with Gasteiger partial charge in [-0.15, -0.1) is 11.3 Å². The number of carbonyl (C=O) groups excluding carboxylic acids is 3. The van der Waals surface area contributed by atoms with E-state index < -0.39 is 12.0 Å². The van der Waals surface area contributed by atoms with E-state index in [1.165, 1.54) is 11.3 Å². The van der Waals surface area contributed by atoms with Gasteiger partial charge in [0.2, 0.25) is 0 Å². The average Bonchev–Trinajstić information content (AvgIpc) is 3.43. The SMILES string of the molecule is CCOC(=O)C1=C(CN2CCN(C(=O)c3cccs3)C(C)C2)N(CC)C(=O)NC1c1cccc(OC)c1. The van der Waals surface area contributed by atoms with Crippen LogP contribution in [0.2, 0.25) is 0 Å². The fourth-order valence-electron chi connectivity index (χ4n) is 4.96. The zero-order valence-corrected chi connectivity index (χ0v) is 22.5. The molecule has 0 aliphatic carbocycles. The van der Waals surface area contributed by atoms with Crippen molar-refractivity contribution in [3.8, 4) is 5.75 Å². The van der Waals surface area contributed by atoms with Crippen LogP contribution in [0.3, 0.4) is 0 Å². The number of nitrogens with zero attached hydrogens (tertiary/aromatic N) is 3. The Morgan fingerprint density at radius 1 is 1.16 bits per heavy atom. The topological polar surface area (TPSA) is 91.4 Å². The average molecular weight is 527 g/mol. The van der Waals surface area contributed by atoms with Crippen molar-refractivity contribution in [2.75, 3.05) is 46.4 Å². The largest absolute Gasteiger partial charge is 0.497 e. The fourth-order valence-corrected chi connectivity index (χ4v) is 5.64. The Hall–Kier alpha value is -3.37. The first-order chi connectivity index (χ1) is 17.9. The zero-order valence-electron chi connectivity index (χ0n) is 21.7. The molecule has 0 bridgehead atoms. The molecule has 1 fully saturated rings. The summed E-state index contributed by atoms with van der Waals surface area (Å²) in [5.74, 6) is 0.219. The van der Waals surface area contributed by atoms with Gasteiger partial charge in [0.25, 0.3) is 5.91 Å². The first-order valence-corrected chi connectivity index (χ1v) is 13.4. The minimum Gasteiger partial charge on any atom is -0.497 e. The van der Waals surface area contributed by atoms with Crippen molar-refractivity contribution in [2.24, 2.45) is 0 Å². The summed E-state index contributed by atoms with van der Waals surface area (Å²) in [5.41, 5.74) is 1.78. The summed E-state index contributed by atoms with van der Waals surface area (Å²) in [6.45, 7) is 8.52. The Kier molecular flexibility index (Phi) is 8.50. The van der Waals surface area contributed by atoms with Gasteiger partial charge in [-0.05, 0) is 49.9 Å². The van der Waals surface area contributed by atoms with Gasteiger partial charge in [-0.3, -0.25) is 14.6 Å². The molecule has 1 aromatic heterocycles. The highest BCUT2D eigenvalue weighted by Gasteiger charge is 2.39. The summed E-state index contributed by atoms with van der Waals surface area (Å²) in [5, 5.41) is 4.90. The summed E-state index contributed by atoms with van der Waals surface area (Å²) in [6.07, 6.45) is 0. The number of hydrogen-bond acceptors (Lipinski definition) is 7. The van der Waals surface area contributed by atoms with E-state index in [0.717, 1.165) is 10.4 Å². The number of hydrogen-bond donors (Lipinski definition) is 1. The van der Waals surface area contributed by atoms with Crippen LogP contribution in [0.1, 0.15) is 42.0 Å². The third-order valence-corrected chi connectivity index (χ3v) is 7.61. The number of urea groups is 1. The van der Waals surface area contributed by atoms with Crippen LogP contribution in [-0.2, 0) is 9.53 Å². The van der Waals surface area contributed by atoms with Gasteiger partial charge in [-0.1, -0.05) is 18.2 Å². The van der Waals surface area contributed by atoms with Crippen LogP contribution in [0.4, 0.5) is 4.79 Å². The number of thiophene rings is 1. The molecule has 3 heterocycles. The summed E-state index contributed by atoms with van der Waals surface area (Å²) >= 11 is 1.44. The van der Waals surface area contributed by atoms with E-state index in [2.05, 4.69) is 10.2 Å². The lowest BCUT2D eigenvalue weighted by molar-refractivity contribution is -0.139. The Balaban J connectivity index is 1.65. The summed E-state index contributed by atoms with van der Waals surface area (Å²) in [6, 6.07) is 10.1. The van der Waals surface area contributed by atoms with Crippen molar-refractivity contribution in [1.82, 2.24) is 20.0 Å². The molecule has 4 rings (SSSR count). The lowest BCUT2D eigenvalue weighted by Gasteiger charge is -2.42. The van der Waals surface area contributed by atoms with E-state index in [-0.39, 0.29) is 24.6 Å². The van der Waals surface area contributed by atoms with Gasteiger partial charge in [0.1, 0.15) is 5.75 Å². The highest BCUT2D eigenvalue weighted by Crippen LogP contribution is 2.33. The number of rotatable bonds is 8. The highest BCUT2D eigenvalue weighted by molar-refractivity contribution is 7.12. The number of esters is 1. The monoisotopic (exact) mass is 526 g/mol. The van der Waals surface area contributed by atoms with Gasteiger partial charge in [0.05, 0.1) is 30.2 Å². The van der Waals surface area contributed by atoms with Crippen molar-refractivity contribution < 1.29 is 23.9 Å². The van der Waals surface area contributed by atoms with Gasteiger partial charge in [-0.2, -0.15) is 0 Å². The second kappa shape index (κ2) is 11.8. The maximum absolute atomic E-state index is 13.3. The minimum absolute atomic E-state index is 0.0170. The first kappa shape index (κ1) is 26.7. The molecule has 0 spiro atoms. The molecule has 2 aromatic rings. The van der Waals surface area contributed by atoms with Gasteiger partial charge >= 0.3 is 12.0 Å². The van der Waals surface area contributed by atoms with Crippen LogP contribution < -0.4 is 10.1 Å². The standard InChI is InChI=1S/C27H34N4O5S/c1-5-30-21(17-29-12-13-31(18(3)16-29)25(32)22-11-8-14-37-22)23(26(33)36-6-2)24(28-27(30)34)19-9-7-10-20(15-19)35-4/h7-11,14-15,18,24H,5-6,12-13,16-17H2,1-4H3,(H,28,34). The Bertz CT molecular complexity index is 1170. The quantitative estimate of drug-likeness (QED) is 0.530. The Morgan fingerprint density at radius 2 is 1.97 bits per heavy atom. The molecule has 0 radical (unpaired) electrons. The molecular weight excluding hydrogens is 492 g/mol. The van der Waals surface area contributed by atoms with E-state index in [1.54, 1.807) is 18.9 Å². The molecule has 2 unspecified atom stereocenters. The first-order valence-electron chi connectivity index (χ1n) is 12.6. The molecule has 1 aromatic carbocycles. The van der Waals surface area contributed by atoms with Crippen LogP contribution in [0.5, 0.6) is 5.75 Å². The van der Waals surface area contributed by atoms with Gasteiger partial charge in [0.15, 0.2) is 0 Å². The molecule has 2 aliphatic rings. The fraction of sp³-hybridized carbons (Fsp3) is 0.444. The number of methoxy groups -OCH3 is 1. The minimum atomic E-state index is -0.668. The number of ether oxygens (including phenoxy) is 2. The second-order valence-corrected chi connectivity index (χ2v) is 9.99. The summed E-state index contributed by atoms with van der Waals surface area (Å²) in [7, 11) is 1.58. The van der Waals surface area contributed by atoms with Crippen molar-refractivity contribution in [3.05, 3.63) is 63.5 Å². The number of benzene rings is 1. The van der Waals surface area contributed by atoms with Crippen LogP contribution in [-0.4, -0.2) is 85.1 Å². The van der Waals surface area contributed by atoms with Crippen molar-refractivity contribution in [2.45, 2.75) is 32.9 Å². The lowest BCUT2D eigenvalue weighted by atomic mass is 9.93. The number of nitrogens with one attached hydrogen (secondary N) is 1. The van der Waals surface area contributed by atoms with Crippen molar-refractivity contribution in [1.29, 1.82) is 0 Å². The molecule has 3 amide bonds. The molecule has 2 atom stereocenters. The highest BCUT2D eigenvalue weighted by atomic mass is 32.1. The molecule has 1 saturated heterocycles. The Morgan fingerprint density at radius 3 is 2.62 bits per heavy atom. The molecule has 198 valence electrons. The van der Waals surface area contributed by atoms with Gasteiger partial charge in [0, 0.05) is 44.5 Å². The number of carbonyl (C=O) groups is 3. The van der Waals surface area contributed by atoms with Crippen molar-refractivity contribution in [3.63, 3.8) is 0 Å².